The van der Waals surface area contributed by atoms with Crippen molar-refractivity contribution in [3.63, 3.8) is 0 Å². The molecule has 4 nitrogen and oxygen atoms in total. The fraction of sp³-hybridized carbons (Fsp3) is 0.684. The molecule has 3 aliphatic rings. The number of nitrogens with zero attached hydrogens (tertiary/aromatic N) is 3. The Kier molecular flexibility index (Phi) is 4.06. The van der Waals surface area contributed by atoms with E-state index >= 15 is 0 Å². The van der Waals surface area contributed by atoms with E-state index in [1.54, 1.807) is 0 Å². The summed E-state index contributed by atoms with van der Waals surface area (Å²) < 4.78 is 26.3. The Bertz CT molecular complexity index is 672. The van der Waals surface area contributed by atoms with E-state index in [1.165, 1.54) is 4.90 Å². The summed E-state index contributed by atoms with van der Waals surface area (Å²) in [5.74, 6) is -2.81. The average Bonchev–Trinajstić information content (AvgIpc) is 3.12. The lowest BCUT2D eigenvalue weighted by atomic mass is 9.76. The SMILES string of the molecule is Cc1cccc(CN2CC[C@]3(CCC[C@@H]3C(=O)N3CC(F)(F)C3)C2)n1. The molecule has 0 N–H and O–H groups in total. The fourth-order valence-electron chi connectivity index (χ4n) is 4.94. The van der Waals surface area contributed by atoms with E-state index in [4.69, 9.17) is 0 Å². The van der Waals surface area contributed by atoms with Crippen LogP contribution in [-0.2, 0) is 11.3 Å². The van der Waals surface area contributed by atoms with E-state index in [9.17, 15) is 13.6 Å². The molecule has 2 aliphatic heterocycles. The first kappa shape index (κ1) is 16.9. The number of carbonyl (C=O) groups is 1. The Hall–Kier alpha value is -1.56. The molecule has 136 valence electrons. The smallest absolute Gasteiger partial charge is 0.282 e. The Morgan fingerprint density at radius 2 is 2.08 bits per heavy atom. The zero-order valence-corrected chi connectivity index (χ0v) is 14.7. The Balaban J connectivity index is 1.42. The van der Waals surface area contributed by atoms with Crippen LogP contribution in [0.2, 0.25) is 0 Å². The molecule has 0 bridgehead atoms. The van der Waals surface area contributed by atoms with Crippen molar-refractivity contribution in [1.82, 2.24) is 14.8 Å². The van der Waals surface area contributed by atoms with E-state index in [-0.39, 0.29) is 17.2 Å². The molecule has 1 aromatic rings. The van der Waals surface area contributed by atoms with Gasteiger partial charge >= 0.3 is 0 Å². The molecule has 1 aromatic heterocycles. The first-order chi connectivity index (χ1) is 11.9. The molecule has 2 saturated heterocycles. The first-order valence-corrected chi connectivity index (χ1v) is 9.18. The molecule has 6 heteroatoms. The number of pyridine rings is 1. The minimum atomic E-state index is -2.68. The second kappa shape index (κ2) is 6.01. The summed E-state index contributed by atoms with van der Waals surface area (Å²) in [5.41, 5.74) is 2.05. The zero-order chi connectivity index (χ0) is 17.7. The molecule has 1 saturated carbocycles. The molecule has 4 rings (SSSR count). The molecule has 0 unspecified atom stereocenters. The van der Waals surface area contributed by atoms with Gasteiger partial charge in [-0.3, -0.25) is 14.7 Å². The zero-order valence-electron chi connectivity index (χ0n) is 14.7. The second-order valence-corrected chi connectivity index (χ2v) is 8.09. The van der Waals surface area contributed by atoms with Gasteiger partial charge in [-0.2, -0.15) is 0 Å². The van der Waals surface area contributed by atoms with Crippen molar-refractivity contribution in [3.8, 4) is 0 Å². The first-order valence-electron chi connectivity index (χ1n) is 9.18. The highest BCUT2D eigenvalue weighted by molar-refractivity contribution is 5.81. The van der Waals surface area contributed by atoms with Crippen molar-refractivity contribution in [1.29, 1.82) is 0 Å². The number of likely N-dealkylation sites (tertiary alicyclic amines) is 2. The fourth-order valence-corrected chi connectivity index (χ4v) is 4.94. The summed E-state index contributed by atoms with van der Waals surface area (Å²) in [4.78, 5) is 21.1. The standard InChI is InChI=1S/C19H25F2N3O/c1-14-4-2-5-15(22-14)10-23-9-8-18(11-23)7-3-6-16(18)17(25)24-12-19(20,21)13-24/h2,4-5,16H,3,6-13H2,1H3/t16-,18-/m1/s1. The summed E-state index contributed by atoms with van der Waals surface area (Å²) in [6.45, 7) is 3.83. The van der Waals surface area contributed by atoms with Crippen LogP contribution < -0.4 is 0 Å². The van der Waals surface area contributed by atoms with Gasteiger partial charge in [-0.15, -0.1) is 0 Å². The Morgan fingerprint density at radius 3 is 2.80 bits per heavy atom. The topological polar surface area (TPSA) is 36.4 Å². The van der Waals surface area contributed by atoms with Crippen LogP contribution in [0.15, 0.2) is 18.2 Å². The normalized spacial score (nSPS) is 31.5. The monoisotopic (exact) mass is 349 g/mol. The molecule has 3 heterocycles. The van der Waals surface area contributed by atoms with Gasteiger partial charge in [0, 0.05) is 24.7 Å². The Morgan fingerprint density at radius 1 is 1.28 bits per heavy atom. The van der Waals surface area contributed by atoms with Crippen molar-refractivity contribution in [3.05, 3.63) is 29.6 Å². The van der Waals surface area contributed by atoms with Crippen LogP contribution in [0.5, 0.6) is 0 Å². The molecule has 3 fully saturated rings. The van der Waals surface area contributed by atoms with Crippen LogP contribution in [0.25, 0.3) is 0 Å². The largest absolute Gasteiger partial charge is 0.330 e. The number of carbonyl (C=O) groups excluding carboxylic acids is 1. The highest BCUT2D eigenvalue weighted by Crippen LogP contribution is 2.51. The molecule has 2 atom stereocenters. The lowest BCUT2D eigenvalue weighted by molar-refractivity contribution is -0.172. The number of hydrogen-bond acceptors (Lipinski definition) is 3. The average molecular weight is 349 g/mol. The van der Waals surface area contributed by atoms with Crippen LogP contribution in [0.1, 0.15) is 37.1 Å². The van der Waals surface area contributed by atoms with Crippen molar-refractivity contribution in [2.75, 3.05) is 26.2 Å². The summed E-state index contributed by atoms with van der Waals surface area (Å²) in [6.07, 6.45) is 3.89. The van der Waals surface area contributed by atoms with Gasteiger partial charge in [0.1, 0.15) is 0 Å². The number of hydrogen-bond donors (Lipinski definition) is 0. The van der Waals surface area contributed by atoms with Gasteiger partial charge < -0.3 is 4.90 Å². The van der Waals surface area contributed by atoms with E-state index in [0.717, 1.165) is 56.7 Å². The third-order valence-electron chi connectivity index (χ3n) is 6.16. The second-order valence-electron chi connectivity index (χ2n) is 8.09. The van der Waals surface area contributed by atoms with Gasteiger partial charge in [-0.05, 0) is 50.3 Å². The predicted molar refractivity (Wildman–Crippen MR) is 90.2 cm³/mol. The Labute approximate surface area is 147 Å². The van der Waals surface area contributed by atoms with E-state index < -0.39 is 19.0 Å². The van der Waals surface area contributed by atoms with E-state index in [0.29, 0.717) is 0 Å². The van der Waals surface area contributed by atoms with Crippen molar-refractivity contribution in [2.24, 2.45) is 11.3 Å². The van der Waals surface area contributed by atoms with Gasteiger partial charge in [-0.1, -0.05) is 12.5 Å². The minimum absolute atomic E-state index is 0.0220. The van der Waals surface area contributed by atoms with Crippen LogP contribution in [0.3, 0.4) is 0 Å². The lowest BCUT2D eigenvalue weighted by Gasteiger charge is -2.42. The molecule has 0 radical (unpaired) electrons. The molecular weight excluding hydrogens is 324 g/mol. The van der Waals surface area contributed by atoms with Gasteiger partial charge in [0.2, 0.25) is 5.91 Å². The van der Waals surface area contributed by atoms with Gasteiger partial charge in [0.25, 0.3) is 5.92 Å². The van der Waals surface area contributed by atoms with Crippen molar-refractivity contribution in [2.45, 2.75) is 45.1 Å². The van der Waals surface area contributed by atoms with Gasteiger partial charge in [0.05, 0.1) is 18.8 Å². The van der Waals surface area contributed by atoms with Crippen LogP contribution in [0, 0.1) is 18.3 Å². The lowest BCUT2D eigenvalue weighted by Crippen LogP contribution is -2.60. The summed E-state index contributed by atoms with van der Waals surface area (Å²) in [7, 11) is 0. The number of alkyl halides is 2. The van der Waals surface area contributed by atoms with Crippen molar-refractivity contribution < 1.29 is 13.6 Å². The maximum Gasteiger partial charge on any atom is 0.282 e. The molecule has 1 aliphatic carbocycles. The van der Waals surface area contributed by atoms with E-state index in [2.05, 4.69) is 9.88 Å². The van der Waals surface area contributed by atoms with Gasteiger partial charge in [-0.25, -0.2) is 8.78 Å². The summed E-state index contributed by atoms with van der Waals surface area (Å²) in [6, 6.07) is 6.05. The third-order valence-corrected chi connectivity index (χ3v) is 6.16. The highest BCUT2D eigenvalue weighted by Gasteiger charge is 2.55. The maximum absolute atomic E-state index is 13.1. The predicted octanol–water partition coefficient (Wildman–Crippen LogP) is 2.86. The number of halogens is 2. The van der Waals surface area contributed by atoms with Crippen LogP contribution >= 0.6 is 0 Å². The highest BCUT2D eigenvalue weighted by atomic mass is 19.3. The van der Waals surface area contributed by atoms with Crippen LogP contribution in [-0.4, -0.2) is 52.8 Å². The van der Waals surface area contributed by atoms with Gasteiger partial charge in [0.15, 0.2) is 0 Å². The summed E-state index contributed by atoms with van der Waals surface area (Å²) >= 11 is 0. The number of amides is 1. The number of aryl methyl sites for hydroxylation is 1. The number of aromatic nitrogens is 1. The molecule has 25 heavy (non-hydrogen) atoms. The third kappa shape index (κ3) is 3.16. The quantitative estimate of drug-likeness (QED) is 0.842. The summed E-state index contributed by atoms with van der Waals surface area (Å²) in [5, 5.41) is 0. The molecule has 0 aromatic carbocycles. The molecular formula is C19H25F2N3O. The maximum atomic E-state index is 13.1. The minimum Gasteiger partial charge on any atom is -0.330 e. The van der Waals surface area contributed by atoms with E-state index in [1.807, 2.05) is 25.1 Å². The van der Waals surface area contributed by atoms with Crippen LogP contribution in [0.4, 0.5) is 8.78 Å². The number of rotatable bonds is 3. The molecule has 1 spiro atoms. The van der Waals surface area contributed by atoms with Crippen molar-refractivity contribution >= 4 is 5.91 Å². The molecule has 1 amide bonds.